The van der Waals surface area contributed by atoms with Gasteiger partial charge in [0.2, 0.25) is 0 Å². The minimum atomic E-state index is -0.121. The molecule has 0 unspecified atom stereocenters. The summed E-state index contributed by atoms with van der Waals surface area (Å²) in [4.78, 5) is 10.9. The maximum absolute atomic E-state index is 10.9. The molecule has 58 valence electrons. The van der Waals surface area contributed by atoms with Gasteiger partial charge in [-0.05, 0) is 32.9 Å². The maximum atomic E-state index is 10.9. The third-order valence-corrected chi connectivity index (χ3v) is 0.966. The van der Waals surface area contributed by atoms with Crippen LogP contribution in [0.4, 0.5) is 0 Å². The minimum absolute atomic E-state index is 0.121. The largest absolute Gasteiger partial charge is 0.290 e. The van der Waals surface area contributed by atoms with Gasteiger partial charge in [0, 0.05) is 5.57 Å². The predicted octanol–water partition coefficient (Wildman–Crippen LogP) is 1.99. The lowest BCUT2D eigenvalue weighted by molar-refractivity contribution is -0.110. The molecule has 0 radical (unpaired) electrons. The predicted molar refractivity (Wildman–Crippen MR) is 43.8 cm³/mol. The molecular formula is C9H11NO. The Hall–Kier alpha value is -1.36. The van der Waals surface area contributed by atoms with Gasteiger partial charge >= 0.3 is 0 Å². The average Bonchev–Trinajstić information content (AvgIpc) is 1.85. The zero-order valence-corrected chi connectivity index (χ0v) is 7.01. The van der Waals surface area contributed by atoms with Crippen LogP contribution in [0.2, 0.25) is 0 Å². The van der Waals surface area contributed by atoms with Gasteiger partial charge in [0.1, 0.15) is 0 Å². The molecule has 0 aliphatic rings. The van der Waals surface area contributed by atoms with Crippen LogP contribution in [0.3, 0.4) is 0 Å². The lowest BCUT2D eigenvalue weighted by Crippen LogP contribution is -1.88. The summed E-state index contributed by atoms with van der Waals surface area (Å²) in [5.74, 6) is -0.121. The molecule has 0 bridgehead atoms. The van der Waals surface area contributed by atoms with Gasteiger partial charge in [-0.3, -0.25) is 4.79 Å². The van der Waals surface area contributed by atoms with Crippen molar-refractivity contribution in [2.24, 2.45) is 0 Å². The first kappa shape index (κ1) is 9.64. The quantitative estimate of drug-likeness (QED) is 0.445. The van der Waals surface area contributed by atoms with E-state index in [9.17, 15) is 4.79 Å². The van der Waals surface area contributed by atoms with Crippen molar-refractivity contribution in [1.82, 2.24) is 0 Å². The summed E-state index contributed by atoms with van der Waals surface area (Å²) in [6.07, 6.45) is 2.83. The first-order valence-electron chi connectivity index (χ1n) is 3.33. The first-order chi connectivity index (χ1) is 5.06. The van der Waals surface area contributed by atoms with Crippen molar-refractivity contribution in [3.8, 4) is 6.07 Å². The van der Waals surface area contributed by atoms with Crippen LogP contribution >= 0.6 is 0 Å². The summed E-state index contributed by atoms with van der Waals surface area (Å²) >= 11 is 0. The lowest BCUT2D eigenvalue weighted by Gasteiger charge is -1.86. The van der Waals surface area contributed by atoms with Gasteiger partial charge in [-0.15, -0.1) is 0 Å². The van der Waals surface area contributed by atoms with Crippen LogP contribution in [0.5, 0.6) is 0 Å². The van der Waals surface area contributed by atoms with Crippen LogP contribution in [0.25, 0.3) is 0 Å². The summed E-state index contributed by atoms with van der Waals surface area (Å²) in [6, 6.07) is 1.88. The van der Waals surface area contributed by atoms with E-state index in [1.165, 1.54) is 12.2 Å². The fourth-order valence-electron chi connectivity index (χ4n) is 0.572. The number of hydrogen-bond acceptors (Lipinski definition) is 2. The number of nitrogens with zero attached hydrogens (tertiary/aromatic N) is 1. The molecule has 0 fully saturated rings. The Kier molecular flexibility index (Phi) is 3.90. The molecule has 0 aromatic heterocycles. The molecule has 0 N–H and O–H groups in total. The number of ketones is 1. The third kappa shape index (κ3) is 5.10. The van der Waals surface area contributed by atoms with Crippen molar-refractivity contribution in [2.75, 3.05) is 0 Å². The number of hydrogen-bond donors (Lipinski definition) is 0. The van der Waals surface area contributed by atoms with E-state index in [2.05, 4.69) is 0 Å². The summed E-state index contributed by atoms with van der Waals surface area (Å²) in [7, 11) is 0. The first-order valence-corrected chi connectivity index (χ1v) is 3.33. The number of carbonyl (C=O) groups is 1. The van der Waals surface area contributed by atoms with Crippen molar-refractivity contribution in [3.05, 3.63) is 23.3 Å². The van der Waals surface area contributed by atoms with E-state index in [-0.39, 0.29) is 5.78 Å². The second kappa shape index (κ2) is 4.45. The van der Waals surface area contributed by atoms with Gasteiger partial charge in [0.25, 0.3) is 0 Å². The van der Waals surface area contributed by atoms with Crippen molar-refractivity contribution in [1.29, 1.82) is 5.26 Å². The second-order valence-electron chi connectivity index (χ2n) is 2.56. The Morgan fingerprint density at radius 3 is 2.18 bits per heavy atom. The van der Waals surface area contributed by atoms with Gasteiger partial charge in [-0.1, -0.05) is 5.57 Å². The molecule has 0 saturated heterocycles. The molecule has 2 heteroatoms. The zero-order chi connectivity index (χ0) is 8.85. The molecule has 0 aromatic rings. The van der Waals surface area contributed by atoms with Gasteiger partial charge < -0.3 is 0 Å². The summed E-state index contributed by atoms with van der Waals surface area (Å²) < 4.78 is 0. The maximum Gasteiger partial charge on any atom is 0.179 e. The van der Waals surface area contributed by atoms with E-state index in [1.54, 1.807) is 6.92 Å². The molecule has 0 aromatic carbocycles. The average molecular weight is 149 g/mol. The monoisotopic (exact) mass is 149 g/mol. The Bertz CT molecular complexity index is 249. The number of nitriles is 1. The molecule has 0 atom stereocenters. The zero-order valence-electron chi connectivity index (χ0n) is 7.01. The second-order valence-corrected chi connectivity index (χ2v) is 2.56. The van der Waals surface area contributed by atoms with E-state index < -0.39 is 0 Å². The topological polar surface area (TPSA) is 40.9 Å². The van der Waals surface area contributed by atoms with Crippen LogP contribution in [0.15, 0.2) is 23.3 Å². The number of allylic oxidation sites excluding steroid dienone is 4. The molecule has 0 aliphatic carbocycles. The normalized spacial score (nSPS) is 10.2. The van der Waals surface area contributed by atoms with Gasteiger partial charge in [0.15, 0.2) is 5.78 Å². The fourth-order valence-corrected chi connectivity index (χ4v) is 0.572. The van der Waals surface area contributed by atoms with Crippen LogP contribution in [-0.2, 0) is 4.79 Å². The van der Waals surface area contributed by atoms with Gasteiger partial charge in [-0.25, -0.2) is 0 Å². The van der Waals surface area contributed by atoms with Crippen molar-refractivity contribution in [2.45, 2.75) is 20.8 Å². The molecule has 11 heavy (non-hydrogen) atoms. The highest BCUT2D eigenvalue weighted by molar-refractivity contribution is 6.00. The van der Waals surface area contributed by atoms with E-state index in [4.69, 9.17) is 5.26 Å². The summed E-state index contributed by atoms with van der Waals surface area (Å²) in [6.45, 7) is 5.29. The molecule has 0 heterocycles. The van der Waals surface area contributed by atoms with Crippen LogP contribution in [0, 0.1) is 11.3 Å². The van der Waals surface area contributed by atoms with Crippen molar-refractivity contribution in [3.63, 3.8) is 0 Å². The third-order valence-electron chi connectivity index (χ3n) is 0.966. The molecule has 0 spiro atoms. The molecule has 0 amide bonds. The highest BCUT2D eigenvalue weighted by Gasteiger charge is 1.92. The number of carbonyl (C=O) groups excluding carboxylic acids is 1. The van der Waals surface area contributed by atoms with Crippen LogP contribution < -0.4 is 0 Å². The SMILES string of the molecule is CC(C)=CC(=O)C=C(C)C#N. The van der Waals surface area contributed by atoms with Crippen LogP contribution in [0.1, 0.15) is 20.8 Å². The highest BCUT2D eigenvalue weighted by atomic mass is 16.1. The smallest absolute Gasteiger partial charge is 0.179 e. The van der Waals surface area contributed by atoms with E-state index >= 15 is 0 Å². The molecular weight excluding hydrogens is 138 g/mol. The molecule has 2 nitrogen and oxygen atoms in total. The van der Waals surface area contributed by atoms with Crippen molar-refractivity contribution >= 4 is 5.78 Å². The van der Waals surface area contributed by atoms with E-state index in [0.29, 0.717) is 5.57 Å². The van der Waals surface area contributed by atoms with E-state index in [1.807, 2.05) is 19.9 Å². The Morgan fingerprint density at radius 2 is 1.82 bits per heavy atom. The Balaban J connectivity index is 4.34. The highest BCUT2D eigenvalue weighted by Crippen LogP contribution is 1.94. The Morgan fingerprint density at radius 1 is 1.27 bits per heavy atom. The summed E-state index contributed by atoms with van der Waals surface area (Å²) in [5.41, 5.74) is 1.38. The standard InChI is InChI=1S/C9H11NO/c1-7(2)4-9(11)5-8(3)6-10/h4-5H,1-3H3. The molecule has 0 rings (SSSR count). The molecule has 0 aliphatic heterocycles. The van der Waals surface area contributed by atoms with E-state index in [0.717, 1.165) is 5.57 Å². The fraction of sp³-hybridized carbons (Fsp3) is 0.333. The van der Waals surface area contributed by atoms with Gasteiger partial charge in [-0.2, -0.15) is 5.26 Å². The van der Waals surface area contributed by atoms with Gasteiger partial charge in [0.05, 0.1) is 6.07 Å². The van der Waals surface area contributed by atoms with Crippen molar-refractivity contribution < 1.29 is 4.79 Å². The minimum Gasteiger partial charge on any atom is -0.290 e. The Labute approximate surface area is 66.8 Å². The molecule has 0 saturated carbocycles. The lowest BCUT2D eigenvalue weighted by atomic mass is 10.2. The number of rotatable bonds is 2. The summed E-state index contributed by atoms with van der Waals surface area (Å²) in [5, 5.41) is 8.33. The van der Waals surface area contributed by atoms with Crippen LogP contribution in [-0.4, -0.2) is 5.78 Å².